The molecule has 0 radical (unpaired) electrons. The largest absolute Gasteiger partial charge is 0.344 e. The molecule has 140 valence electrons. The Balaban J connectivity index is 1.97. The maximum Gasteiger partial charge on any atom is 0.249 e. The van der Waals surface area contributed by atoms with E-state index in [-0.39, 0.29) is 17.7 Å². The highest BCUT2D eigenvalue weighted by atomic mass is 32.1. The Kier molecular flexibility index (Phi) is 7.72. The predicted molar refractivity (Wildman–Crippen MR) is 105 cm³/mol. The highest BCUT2D eigenvalue weighted by molar-refractivity contribution is 7.18. The van der Waals surface area contributed by atoms with Crippen molar-refractivity contribution in [3.63, 3.8) is 0 Å². The van der Waals surface area contributed by atoms with Crippen LogP contribution < -0.4 is 10.6 Å². The van der Waals surface area contributed by atoms with Gasteiger partial charge in [-0.2, -0.15) is 0 Å². The lowest BCUT2D eigenvalue weighted by atomic mass is 10.0. The smallest absolute Gasteiger partial charge is 0.249 e. The van der Waals surface area contributed by atoms with Crippen molar-refractivity contribution < 1.29 is 9.59 Å². The summed E-state index contributed by atoms with van der Waals surface area (Å²) in [7, 11) is 0. The molecule has 7 heteroatoms. The van der Waals surface area contributed by atoms with E-state index in [1.807, 2.05) is 44.2 Å². The number of hydrogen-bond donors (Lipinski definition) is 2. The maximum absolute atomic E-state index is 12.6. The molecule has 2 N–H and O–H groups in total. The second-order valence-corrected chi connectivity index (χ2v) is 7.49. The number of unbranched alkanes of at least 4 members (excludes halogenated alkanes) is 2. The first-order valence-electron chi connectivity index (χ1n) is 9.00. The number of anilines is 1. The molecule has 2 amide bonds. The zero-order valence-electron chi connectivity index (χ0n) is 15.5. The minimum Gasteiger partial charge on any atom is -0.344 e. The van der Waals surface area contributed by atoms with Crippen LogP contribution in [0.3, 0.4) is 0 Å². The Labute approximate surface area is 158 Å². The lowest BCUT2D eigenvalue weighted by molar-refractivity contribution is -0.127. The maximum atomic E-state index is 12.6. The van der Waals surface area contributed by atoms with Crippen LogP contribution in [-0.4, -0.2) is 28.1 Å². The molecule has 6 nitrogen and oxygen atoms in total. The van der Waals surface area contributed by atoms with Gasteiger partial charge in [-0.1, -0.05) is 75.3 Å². The lowest BCUT2D eigenvalue weighted by Crippen LogP contribution is -2.47. The van der Waals surface area contributed by atoms with E-state index >= 15 is 0 Å². The summed E-state index contributed by atoms with van der Waals surface area (Å²) in [5, 5.41) is 14.9. The molecule has 1 aromatic heterocycles. The van der Waals surface area contributed by atoms with E-state index in [4.69, 9.17) is 0 Å². The summed E-state index contributed by atoms with van der Waals surface area (Å²) in [6.07, 6.45) is 3.36. The van der Waals surface area contributed by atoms with Gasteiger partial charge >= 0.3 is 0 Å². The van der Waals surface area contributed by atoms with Crippen LogP contribution in [0.4, 0.5) is 5.13 Å². The van der Waals surface area contributed by atoms with Crippen molar-refractivity contribution >= 4 is 28.3 Å². The van der Waals surface area contributed by atoms with Crippen molar-refractivity contribution in [3.8, 4) is 10.6 Å². The number of aromatic nitrogens is 2. The molecular formula is C19H26N4O2S. The average Bonchev–Trinajstić information content (AvgIpc) is 3.09. The first-order valence-corrected chi connectivity index (χ1v) is 9.82. The summed E-state index contributed by atoms with van der Waals surface area (Å²) in [5.41, 5.74) is 0.954. The van der Waals surface area contributed by atoms with Crippen LogP contribution >= 0.6 is 11.3 Å². The van der Waals surface area contributed by atoms with Crippen LogP contribution in [-0.2, 0) is 9.59 Å². The van der Waals surface area contributed by atoms with E-state index in [9.17, 15) is 9.59 Å². The summed E-state index contributed by atoms with van der Waals surface area (Å²) in [6, 6.07) is 9.09. The van der Waals surface area contributed by atoms with E-state index in [1.54, 1.807) is 0 Å². The van der Waals surface area contributed by atoms with Gasteiger partial charge in [-0.3, -0.25) is 14.9 Å². The summed E-state index contributed by atoms with van der Waals surface area (Å²) in [5.74, 6) is -0.374. The van der Waals surface area contributed by atoms with Crippen LogP contribution in [0, 0.1) is 5.92 Å². The number of carbonyl (C=O) groups excluding carboxylic acids is 2. The Morgan fingerprint density at radius 3 is 2.50 bits per heavy atom. The Morgan fingerprint density at radius 2 is 1.85 bits per heavy atom. The molecule has 0 aliphatic carbocycles. The Morgan fingerprint density at radius 1 is 1.12 bits per heavy atom. The van der Waals surface area contributed by atoms with Gasteiger partial charge in [0.05, 0.1) is 0 Å². The highest BCUT2D eigenvalue weighted by Crippen LogP contribution is 2.26. The summed E-state index contributed by atoms with van der Waals surface area (Å²) >= 11 is 1.31. The van der Waals surface area contributed by atoms with Gasteiger partial charge in [-0.05, 0) is 12.3 Å². The number of amides is 2. The van der Waals surface area contributed by atoms with E-state index < -0.39 is 6.04 Å². The van der Waals surface area contributed by atoms with Crippen LogP contribution in [0.15, 0.2) is 30.3 Å². The van der Waals surface area contributed by atoms with Crippen LogP contribution in [0.5, 0.6) is 0 Å². The summed E-state index contributed by atoms with van der Waals surface area (Å²) in [6.45, 7) is 5.91. The lowest BCUT2D eigenvalue weighted by Gasteiger charge is -2.21. The second-order valence-electron chi connectivity index (χ2n) is 6.51. The molecule has 1 heterocycles. The summed E-state index contributed by atoms with van der Waals surface area (Å²) in [4.78, 5) is 24.6. The molecule has 2 aromatic rings. The molecule has 1 unspecified atom stereocenters. The number of carbonyl (C=O) groups is 2. The van der Waals surface area contributed by atoms with Crippen LogP contribution in [0.25, 0.3) is 10.6 Å². The van der Waals surface area contributed by atoms with E-state index in [0.717, 1.165) is 29.8 Å². The quantitative estimate of drug-likeness (QED) is 0.653. The highest BCUT2D eigenvalue weighted by Gasteiger charge is 2.25. The third kappa shape index (κ3) is 5.91. The number of hydrogen-bond acceptors (Lipinski definition) is 5. The molecule has 0 fully saturated rings. The minimum absolute atomic E-state index is 0.0216. The molecule has 0 saturated heterocycles. The van der Waals surface area contributed by atoms with Gasteiger partial charge < -0.3 is 5.32 Å². The number of nitrogens with one attached hydrogen (secondary N) is 2. The molecule has 1 atom stereocenters. The molecule has 1 aromatic carbocycles. The van der Waals surface area contributed by atoms with Gasteiger partial charge in [0, 0.05) is 12.0 Å². The van der Waals surface area contributed by atoms with Crippen molar-refractivity contribution in [2.75, 3.05) is 5.32 Å². The third-order valence-corrected chi connectivity index (χ3v) is 4.84. The molecule has 0 aliphatic heterocycles. The van der Waals surface area contributed by atoms with Gasteiger partial charge in [-0.15, -0.1) is 10.2 Å². The van der Waals surface area contributed by atoms with E-state index in [2.05, 4.69) is 27.8 Å². The monoisotopic (exact) mass is 374 g/mol. The van der Waals surface area contributed by atoms with Gasteiger partial charge in [-0.25, -0.2) is 0 Å². The molecule has 0 spiro atoms. The molecule has 26 heavy (non-hydrogen) atoms. The fourth-order valence-corrected chi connectivity index (χ4v) is 3.22. The first-order chi connectivity index (χ1) is 12.5. The first kappa shape index (κ1) is 20.0. The van der Waals surface area contributed by atoms with Crippen molar-refractivity contribution in [1.29, 1.82) is 0 Å². The zero-order valence-corrected chi connectivity index (χ0v) is 16.3. The van der Waals surface area contributed by atoms with Gasteiger partial charge in [0.1, 0.15) is 11.0 Å². The zero-order chi connectivity index (χ0) is 18.9. The molecule has 0 bridgehead atoms. The third-order valence-electron chi connectivity index (χ3n) is 3.95. The van der Waals surface area contributed by atoms with E-state index in [0.29, 0.717) is 11.6 Å². The number of rotatable bonds is 9. The fourth-order valence-electron chi connectivity index (χ4n) is 2.47. The number of benzene rings is 1. The predicted octanol–water partition coefficient (Wildman–Crippen LogP) is 3.86. The molecule has 2 rings (SSSR count). The van der Waals surface area contributed by atoms with Crippen molar-refractivity contribution in [2.45, 2.75) is 52.5 Å². The Bertz CT molecular complexity index is 715. The van der Waals surface area contributed by atoms with Gasteiger partial charge in [0.2, 0.25) is 16.9 Å². The van der Waals surface area contributed by atoms with Crippen molar-refractivity contribution in [1.82, 2.24) is 15.5 Å². The van der Waals surface area contributed by atoms with Gasteiger partial charge in [0.25, 0.3) is 0 Å². The van der Waals surface area contributed by atoms with Crippen molar-refractivity contribution in [2.24, 2.45) is 5.92 Å². The SMILES string of the molecule is CCCCCC(=O)NC(C(=O)Nc1nnc(-c2ccccc2)s1)C(C)C. The summed E-state index contributed by atoms with van der Waals surface area (Å²) < 4.78 is 0. The molecule has 0 saturated carbocycles. The normalized spacial score (nSPS) is 12.0. The van der Waals surface area contributed by atoms with E-state index in [1.165, 1.54) is 11.3 Å². The van der Waals surface area contributed by atoms with Gasteiger partial charge in [0.15, 0.2) is 0 Å². The van der Waals surface area contributed by atoms with Crippen LogP contribution in [0.2, 0.25) is 0 Å². The topological polar surface area (TPSA) is 84.0 Å². The van der Waals surface area contributed by atoms with Crippen LogP contribution in [0.1, 0.15) is 46.5 Å². The average molecular weight is 375 g/mol. The Hall–Kier alpha value is -2.28. The minimum atomic E-state index is -0.590. The fraction of sp³-hybridized carbons (Fsp3) is 0.474. The standard InChI is InChI=1S/C19H26N4O2S/c1-4-5-7-12-15(24)20-16(13(2)3)17(25)21-19-23-22-18(26-19)14-10-8-6-9-11-14/h6,8-11,13,16H,4-5,7,12H2,1-3H3,(H,20,24)(H,21,23,25). The van der Waals surface area contributed by atoms with Crippen molar-refractivity contribution in [3.05, 3.63) is 30.3 Å². The molecule has 0 aliphatic rings. The molecular weight excluding hydrogens is 348 g/mol. The number of nitrogens with zero attached hydrogens (tertiary/aromatic N) is 2. The second kappa shape index (κ2) is 10.0.